The molecule has 0 spiro atoms. The van der Waals surface area contributed by atoms with E-state index >= 15 is 0 Å². The Kier molecular flexibility index (Phi) is 5.38. The molecule has 0 atom stereocenters. The van der Waals surface area contributed by atoms with Gasteiger partial charge in [0, 0.05) is 0 Å². The van der Waals surface area contributed by atoms with Gasteiger partial charge in [0.1, 0.15) is 5.75 Å². The Hall–Kier alpha value is -2.29. The Labute approximate surface area is 125 Å². The van der Waals surface area contributed by atoms with Gasteiger partial charge in [0.2, 0.25) is 0 Å². The SMILES string of the molecule is CCCCOC(=O)c1ccc(O)cc1Cc1ccccc1. The van der Waals surface area contributed by atoms with E-state index in [9.17, 15) is 9.90 Å². The van der Waals surface area contributed by atoms with Gasteiger partial charge < -0.3 is 9.84 Å². The average Bonchev–Trinajstić information content (AvgIpc) is 2.48. The fraction of sp³-hybridized carbons (Fsp3) is 0.278. The Balaban J connectivity index is 2.19. The smallest absolute Gasteiger partial charge is 0.338 e. The number of carbonyl (C=O) groups is 1. The monoisotopic (exact) mass is 284 g/mol. The van der Waals surface area contributed by atoms with Crippen molar-refractivity contribution in [3.63, 3.8) is 0 Å². The predicted molar refractivity (Wildman–Crippen MR) is 82.5 cm³/mol. The number of phenols is 1. The van der Waals surface area contributed by atoms with Gasteiger partial charge in [0.05, 0.1) is 12.2 Å². The van der Waals surface area contributed by atoms with Crippen molar-refractivity contribution in [2.75, 3.05) is 6.61 Å². The minimum absolute atomic E-state index is 0.158. The van der Waals surface area contributed by atoms with Crippen LogP contribution in [0.15, 0.2) is 48.5 Å². The van der Waals surface area contributed by atoms with Gasteiger partial charge in [-0.05, 0) is 42.2 Å². The standard InChI is InChI=1S/C18H20O3/c1-2-3-11-21-18(20)17-10-9-16(19)13-15(17)12-14-7-5-4-6-8-14/h4-10,13,19H,2-3,11-12H2,1H3. The number of carbonyl (C=O) groups excluding carboxylic acids is 1. The zero-order valence-electron chi connectivity index (χ0n) is 12.2. The van der Waals surface area contributed by atoms with E-state index in [2.05, 4.69) is 6.92 Å². The third-order valence-corrected chi connectivity index (χ3v) is 3.28. The summed E-state index contributed by atoms with van der Waals surface area (Å²) in [6.45, 7) is 2.48. The number of unbranched alkanes of at least 4 members (excludes halogenated alkanes) is 1. The van der Waals surface area contributed by atoms with E-state index in [1.807, 2.05) is 30.3 Å². The first kappa shape index (κ1) is 15.1. The lowest BCUT2D eigenvalue weighted by atomic mass is 9.99. The van der Waals surface area contributed by atoms with Crippen molar-refractivity contribution in [2.24, 2.45) is 0 Å². The van der Waals surface area contributed by atoms with E-state index in [1.54, 1.807) is 12.1 Å². The van der Waals surface area contributed by atoms with E-state index in [0.29, 0.717) is 18.6 Å². The molecule has 1 N–H and O–H groups in total. The first-order valence-electron chi connectivity index (χ1n) is 7.23. The third-order valence-electron chi connectivity index (χ3n) is 3.28. The van der Waals surface area contributed by atoms with Crippen molar-refractivity contribution >= 4 is 5.97 Å². The van der Waals surface area contributed by atoms with Gasteiger partial charge in [-0.1, -0.05) is 43.7 Å². The van der Waals surface area contributed by atoms with Crippen LogP contribution >= 0.6 is 0 Å². The van der Waals surface area contributed by atoms with Crippen molar-refractivity contribution in [3.8, 4) is 5.75 Å². The molecule has 0 bridgehead atoms. The largest absolute Gasteiger partial charge is 0.508 e. The van der Waals surface area contributed by atoms with Crippen molar-refractivity contribution in [1.29, 1.82) is 0 Å². The van der Waals surface area contributed by atoms with Crippen LogP contribution in [0, 0.1) is 0 Å². The van der Waals surface area contributed by atoms with E-state index in [1.165, 1.54) is 6.07 Å². The van der Waals surface area contributed by atoms with Crippen LogP contribution in [-0.4, -0.2) is 17.7 Å². The number of hydrogen-bond acceptors (Lipinski definition) is 3. The molecule has 0 aliphatic carbocycles. The van der Waals surface area contributed by atoms with Crippen molar-refractivity contribution in [1.82, 2.24) is 0 Å². The molecule has 2 rings (SSSR count). The molecule has 0 unspecified atom stereocenters. The Morgan fingerprint density at radius 3 is 2.62 bits per heavy atom. The molecule has 0 aliphatic heterocycles. The highest BCUT2D eigenvalue weighted by atomic mass is 16.5. The maximum atomic E-state index is 12.1. The van der Waals surface area contributed by atoms with Gasteiger partial charge in [-0.25, -0.2) is 4.79 Å². The van der Waals surface area contributed by atoms with Crippen molar-refractivity contribution in [2.45, 2.75) is 26.2 Å². The van der Waals surface area contributed by atoms with Crippen LogP contribution in [0.5, 0.6) is 5.75 Å². The van der Waals surface area contributed by atoms with Crippen LogP contribution in [0.4, 0.5) is 0 Å². The number of hydrogen-bond donors (Lipinski definition) is 1. The van der Waals surface area contributed by atoms with Gasteiger partial charge in [-0.2, -0.15) is 0 Å². The van der Waals surface area contributed by atoms with Crippen molar-refractivity contribution < 1.29 is 14.6 Å². The lowest BCUT2D eigenvalue weighted by Gasteiger charge is -2.10. The van der Waals surface area contributed by atoms with Gasteiger partial charge >= 0.3 is 5.97 Å². The quantitative estimate of drug-likeness (QED) is 0.645. The van der Waals surface area contributed by atoms with Crippen molar-refractivity contribution in [3.05, 3.63) is 65.2 Å². The zero-order chi connectivity index (χ0) is 15.1. The minimum atomic E-state index is -0.325. The van der Waals surface area contributed by atoms with E-state index < -0.39 is 0 Å². The van der Waals surface area contributed by atoms with Crippen LogP contribution in [0.3, 0.4) is 0 Å². The normalized spacial score (nSPS) is 10.3. The fourth-order valence-electron chi connectivity index (χ4n) is 2.13. The Morgan fingerprint density at radius 1 is 1.14 bits per heavy atom. The topological polar surface area (TPSA) is 46.5 Å². The third kappa shape index (κ3) is 4.35. The van der Waals surface area contributed by atoms with E-state index in [4.69, 9.17) is 4.74 Å². The molecule has 0 heterocycles. The molecule has 2 aromatic rings. The van der Waals surface area contributed by atoms with Gasteiger partial charge in [-0.15, -0.1) is 0 Å². The maximum absolute atomic E-state index is 12.1. The molecule has 2 aromatic carbocycles. The second kappa shape index (κ2) is 7.48. The predicted octanol–water partition coefficient (Wildman–Crippen LogP) is 3.94. The maximum Gasteiger partial charge on any atom is 0.338 e. The summed E-state index contributed by atoms with van der Waals surface area (Å²) >= 11 is 0. The summed E-state index contributed by atoms with van der Waals surface area (Å²) in [6, 6.07) is 14.6. The summed E-state index contributed by atoms with van der Waals surface area (Å²) in [4.78, 5) is 12.1. The molecule has 0 saturated carbocycles. The number of benzene rings is 2. The number of aromatic hydroxyl groups is 1. The Bertz CT molecular complexity index is 591. The Morgan fingerprint density at radius 2 is 1.90 bits per heavy atom. The molecule has 0 radical (unpaired) electrons. The average molecular weight is 284 g/mol. The molecule has 110 valence electrons. The summed E-state index contributed by atoms with van der Waals surface area (Å²) in [6.07, 6.45) is 2.44. The molecular formula is C18H20O3. The zero-order valence-corrected chi connectivity index (χ0v) is 12.2. The number of rotatable bonds is 6. The number of esters is 1. The highest BCUT2D eigenvalue weighted by Gasteiger charge is 2.13. The van der Waals surface area contributed by atoms with Crippen LogP contribution in [-0.2, 0) is 11.2 Å². The summed E-state index contributed by atoms with van der Waals surface area (Å²) in [5.41, 5.74) is 2.39. The molecule has 3 heteroatoms. The molecule has 0 fully saturated rings. The highest BCUT2D eigenvalue weighted by Crippen LogP contribution is 2.21. The lowest BCUT2D eigenvalue weighted by Crippen LogP contribution is -2.09. The molecule has 3 nitrogen and oxygen atoms in total. The summed E-state index contributed by atoms with van der Waals surface area (Å²) < 4.78 is 5.27. The second-order valence-corrected chi connectivity index (χ2v) is 4.99. The fourth-order valence-corrected chi connectivity index (χ4v) is 2.13. The van der Waals surface area contributed by atoms with Gasteiger partial charge in [0.25, 0.3) is 0 Å². The number of ether oxygens (including phenoxy) is 1. The molecule has 21 heavy (non-hydrogen) atoms. The first-order chi connectivity index (χ1) is 10.2. The molecule has 0 saturated heterocycles. The number of phenolic OH excluding ortho intramolecular Hbond substituents is 1. The second-order valence-electron chi connectivity index (χ2n) is 4.99. The summed E-state index contributed by atoms with van der Waals surface area (Å²) in [7, 11) is 0. The van der Waals surface area contributed by atoms with Crippen LogP contribution in [0.1, 0.15) is 41.3 Å². The van der Waals surface area contributed by atoms with E-state index in [-0.39, 0.29) is 11.7 Å². The van der Waals surface area contributed by atoms with Gasteiger partial charge in [-0.3, -0.25) is 0 Å². The molecular weight excluding hydrogens is 264 g/mol. The molecule has 0 amide bonds. The van der Waals surface area contributed by atoms with Crippen LogP contribution in [0.2, 0.25) is 0 Å². The highest BCUT2D eigenvalue weighted by molar-refractivity contribution is 5.91. The minimum Gasteiger partial charge on any atom is -0.508 e. The molecule has 0 aliphatic rings. The molecule has 0 aromatic heterocycles. The van der Waals surface area contributed by atoms with Crippen LogP contribution < -0.4 is 0 Å². The lowest BCUT2D eigenvalue weighted by molar-refractivity contribution is 0.0498. The van der Waals surface area contributed by atoms with E-state index in [0.717, 1.165) is 24.0 Å². The van der Waals surface area contributed by atoms with Gasteiger partial charge in [0.15, 0.2) is 0 Å². The first-order valence-corrected chi connectivity index (χ1v) is 7.23. The summed E-state index contributed by atoms with van der Waals surface area (Å²) in [5.74, 6) is -0.166. The van der Waals surface area contributed by atoms with Crippen LogP contribution in [0.25, 0.3) is 0 Å². The summed E-state index contributed by atoms with van der Waals surface area (Å²) in [5, 5.41) is 9.66.